The van der Waals surface area contributed by atoms with Crippen molar-refractivity contribution in [3.63, 3.8) is 0 Å². The van der Waals surface area contributed by atoms with Crippen LogP contribution in [0, 0.1) is 0 Å². The molecule has 6 aromatic carbocycles. The van der Waals surface area contributed by atoms with Gasteiger partial charge in [-0.05, 0) is 127 Å². The molecular weight excluding hydrogens is 828 g/mol. The molecule has 1 aromatic heterocycles. The maximum Gasteiger partial charge on any atom is 0.0887 e. The van der Waals surface area contributed by atoms with Gasteiger partial charge in [-0.1, -0.05) is 188 Å². The fourth-order valence-electron chi connectivity index (χ4n) is 8.07. The van der Waals surface area contributed by atoms with Crippen LogP contribution in [-0.2, 0) is 27.1 Å². The molecule has 0 aliphatic rings. The highest BCUT2D eigenvalue weighted by Crippen LogP contribution is 2.51. The van der Waals surface area contributed by atoms with E-state index in [2.05, 4.69) is 240 Å². The summed E-state index contributed by atoms with van der Waals surface area (Å²) in [6, 6.07) is 44.7. The molecule has 0 saturated carbocycles. The molecule has 0 aliphatic heterocycles. The minimum Gasteiger partial charge on any atom is -0.307 e. The normalized spacial score (nSPS) is 12.8. The van der Waals surface area contributed by atoms with Crippen molar-refractivity contribution in [2.75, 3.05) is 9.80 Å². The SMILES string of the molecule is CC(C)(C)c1ccc(N(c2ccc(C(C)(C)C)cc2Cl)c2cccc(N(c3cccc(-c4cc(C(C)(C)C)cc(C(C)(C)C)c4)c3)c3csc4ccc(C(C)(C)C)cc34)c2Cl)cc1. The lowest BCUT2D eigenvalue weighted by molar-refractivity contribution is 0.569. The summed E-state index contributed by atoms with van der Waals surface area (Å²) >= 11 is 17.1. The Hall–Kier alpha value is -4.54. The molecule has 0 fully saturated rings. The van der Waals surface area contributed by atoms with Crippen LogP contribution < -0.4 is 9.80 Å². The Morgan fingerprint density at radius 3 is 1.41 bits per heavy atom. The lowest BCUT2D eigenvalue weighted by Gasteiger charge is -2.32. The van der Waals surface area contributed by atoms with Crippen LogP contribution in [0.15, 0.2) is 127 Å². The van der Waals surface area contributed by atoms with Crippen molar-refractivity contribution in [2.45, 2.75) is 131 Å². The molecule has 1 heterocycles. The Morgan fingerprint density at radius 2 is 0.873 bits per heavy atom. The van der Waals surface area contributed by atoms with Gasteiger partial charge in [0.05, 0.1) is 32.8 Å². The van der Waals surface area contributed by atoms with E-state index in [0.29, 0.717) is 10.0 Å². The number of hydrogen-bond acceptors (Lipinski definition) is 3. The Balaban J connectivity index is 1.49. The smallest absolute Gasteiger partial charge is 0.0887 e. The quantitative estimate of drug-likeness (QED) is 0.157. The maximum absolute atomic E-state index is 7.96. The number of hydrogen-bond donors (Lipinski definition) is 0. The van der Waals surface area contributed by atoms with Gasteiger partial charge in [0, 0.05) is 26.8 Å². The standard InChI is InChI=1S/C58H66Cl2N2S/c1-54(2,3)39-22-26-44(27-23-39)61(48-28-24-41(35-47(48)59)56(7,8)9)49-20-17-21-50(53(49)60)62(51-36-63-52-29-25-40(34-46(51)52)55(4,5)6)45-19-16-18-37(32-45)38-30-42(57(10,11)12)33-43(31-38)58(13,14)15/h16-36H,1-15H3. The molecule has 0 saturated heterocycles. The highest BCUT2D eigenvalue weighted by atomic mass is 35.5. The molecular formula is C58H66Cl2N2S. The zero-order valence-electron chi connectivity index (χ0n) is 40.2. The number of benzene rings is 6. The molecule has 0 aliphatic carbocycles. The molecule has 7 aromatic rings. The summed E-state index contributed by atoms with van der Waals surface area (Å²) in [5, 5.41) is 4.77. The largest absolute Gasteiger partial charge is 0.307 e. The van der Waals surface area contributed by atoms with Gasteiger partial charge < -0.3 is 9.80 Å². The van der Waals surface area contributed by atoms with Gasteiger partial charge in [0.25, 0.3) is 0 Å². The van der Waals surface area contributed by atoms with Crippen molar-refractivity contribution in [1.29, 1.82) is 0 Å². The van der Waals surface area contributed by atoms with Crippen LogP contribution >= 0.6 is 34.5 Å². The highest BCUT2D eigenvalue weighted by molar-refractivity contribution is 7.17. The molecule has 328 valence electrons. The molecule has 63 heavy (non-hydrogen) atoms. The summed E-state index contributed by atoms with van der Waals surface area (Å²) in [5.74, 6) is 0. The summed E-state index contributed by atoms with van der Waals surface area (Å²) in [5.41, 5.74) is 14.3. The molecule has 0 amide bonds. The van der Waals surface area contributed by atoms with Crippen molar-refractivity contribution in [1.82, 2.24) is 0 Å². The number of rotatable bonds is 7. The molecule has 2 nitrogen and oxygen atoms in total. The Morgan fingerprint density at radius 1 is 0.381 bits per heavy atom. The van der Waals surface area contributed by atoms with Crippen molar-refractivity contribution < 1.29 is 0 Å². The van der Waals surface area contributed by atoms with E-state index in [-0.39, 0.29) is 27.1 Å². The third-order valence-corrected chi connectivity index (χ3v) is 13.9. The number of fused-ring (bicyclic) bond motifs is 1. The summed E-state index contributed by atoms with van der Waals surface area (Å²) in [4.78, 5) is 4.58. The summed E-state index contributed by atoms with van der Waals surface area (Å²) in [6.07, 6.45) is 0. The summed E-state index contributed by atoms with van der Waals surface area (Å²) in [6.45, 7) is 34.0. The van der Waals surface area contributed by atoms with E-state index in [9.17, 15) is 0 Å². The minimum absolute atomic E-state index is 0.000496. The molecule has 0 atom stereocenters. The first-order chi connectivity index (χ1) is 29.2. The first-order valence-electron chi connectivity index (χ1n) is 22.3. The molecule has 5 heteroatoms. The van der Waals surface area contributed by atoms with E-state index in [1.807, 2.05) is 0 Å². The third-order valence-electron chi connectivity index (χ3n) is 12.2. The molecule has 0 radical (unpaired) electrons. The second-order valence-corrected chi connectivity index (χ2v) is 24.1. The van der Waals surface area contributed by atoms with Crippen LogP contribution in [0.3, 0.4) is 0 Å². The van der Waals surface area contributed by atoms with Crippen molar-refractivity contribution in [2.24, 2.45) is 0 Å². The second kappa shape index (κ2) is 16.8. The van der Waals surface area contributed by atoms with Crippen LogP contribution in [0.5, 0.6) is 0 Å². The van der Waals surface area contributed by atoms with Gasteiger partial charge in [-0.15, -0.1) is 11.3 Å². The van der Waals surface area contributed by atoms with Gasteiger partial charge in [-0.25, -0.2) is 0 Å². The first kappa shape index (κ1) is 46.5. The van der Waals surface area contributed by atoms with Gasteiger partial charge in [0.1, 0.15) is 0 Å². The van der Waals surface area contributed by atoms with E-state index >= 15 is 0 Å². The van der Waals surface area contributed by atoms with E-state index < -0.39 is 0 Å². The number of anilines is 6. The Labute approximate surface area is 392 Å². The van der Waals surface area contributed by atoms with E-state index in [4.69, 9.17) is 23.2 Å². The third kappa shape index (κ3) is 9.78. The fourth-order valence-corrected chi connectivity index (χ4v) is 9.54. The zero-order chi connectivity index (χ0) is 46.0. The first-order valence-corrected chi connectivity index (χ1v) is 23.9. The lowest BCUT2D eigenvalue weighted by Crippen LogP contribution is -2.17. The van der Waals surface area contributed by atoms with Crippen molar-refractivity contribution >= 4 is 78.7 Å². The minimum atomic E-state index is -0.0630. The summed E-state index contributed by atoms with van der Waals surface area (Å²) in [7, 11) is 0. The summed E-state index contributed by atoms with van der Waals surface area (Å²) < 4.78 is 1.23. The van der Waals surface area contributed by atoms with Crippen LogP contribution in [0.2, 0.25) is 10.0 Å². The van der Waals surface area contributed by atoms with Gasteiger partial charge >= 0.3 is 0 Å². The van der Waals surface area contributed by atoms with Crippen LogP contribution in [-0.4, -0.2) is 0 Å². The van der Waals surface area contributed by atoms with E-state index in [1.165, 1.54) is 43.5 Å². The highest BCUT2D eigenvalue weighted by Gasteiger charge is 2.28. The van der Waals surface area contributed by atoms with Gasteiger partial charge in [0.15, 0.2) is 0 Å². The monoisotopic (exact) mass is 892 g/mol. The van der Waals surface area contributed by atoms with Gasteiger partial charge in [-0.3, -0.25) is 0 Å². The number of nitrogens with zero attached hydrogens (tertiary/aromatic N) is 2. The predicted molar refractivity (Wildman–Crippen MR) is 280 cm³/mol. The van der Waals surface area contributed by atoms with Crippen LogP contribution in [0.4, 0.5) is 34.1 Å². The average molecular weight is 894 g/mol. The predicted octanol–water partition coefficient (Wildman–Crippen LogP) is 19.3. The van der Waals surface area contributed by atoms with Crippen LogP contribution in [0.25, 0.3) is 21.2 Å². The molecule has 0 spiro atoms. The van der Waals surface area contributed by atoms with Crippen molar-refractivity contribution in [3.05, 3.63) is 165 Å². The Kier molecular flexibility index (Phi) is 12.4. The number of thiophene rings is 1. The topological polar surface area (TPSA) is 6.48 Å². The van der Waals surface area contributed by atoms with E-state index in [1.54, 1.807) is 11.3 Å². The Bertz CT molecular complexity index is 2740. The lowest BCUT2D eigenvalue weighted by atomic mass is 9.79. The number of halogens is 2. The molecule has 0 N–H and O–H groups in total. The van der Waals surface area contributed by atoms with Gasteiger partial charge in [0.2, 0.25) is 0 Å². The maximum atomic E-state index is 7.96. The zero-order valence-corrected chi connectivity index (χ0v) is 42.5. The van der Waals surface area contributed by atoms with E-state index in [0.717, 1.165) is 39.7 Å². The molecule has 0 unspecified atom stereocenters. The average Bonchev–Trinajstić information content (AvgIpc) is 3.61. The second-order valence-electron chi connectivity index (χ2n) is 22.4. The van der Waals surface area contributed by atoms with Crippen LogP contribution in [0.1, 0.15) is 132 Å². The molecule has 0 bridgehead atoms. The van der Waals surface area contributed by atoms with Gasteiger partial charge in [-0.2, -0.15) is 0 Å². The molecule has 7 rings (SSSR count). The fraction of sp³-hybridized carbons (Fsp3) is 0.345. The van der Waals surface area contributed by atoms with Crippen molar-refractivity contribution in [3.8, 4) is 11.1 Å².